The largest absolute Gasteiger partial charge is 0.465 e. The Labute approximate surface area is 212 Å². The van der Waals surface area contributed by atoms with E-state index in [0.717, 1.165) is 34.9 Å². The lowest BCUT2D eigenvalue weighted by atomic mass is 9.66. The van der Waals surface area contributed by atoms with E-state index in [1.54, 1.807) is 10.9 Å². The number of hydrogen-bond donors (Lipinski definition) is 1. The zero-order chi connectivity index (χ0) is 26.3. The summed E-state index contributed by atoms with van der Waals surface area (Å²) in [4.78, 5) is 22.3. The number of nitrogens with zero attached hydrogens (tertiary/aromatic N) is 7. The number of hydrogen-bond acceptors (Lipinski definition) is 6. The fraction of sp³-hybridized carbons (Fsp3) is 0.560. The second kappa shape index (κ2) is 9.33. The third-order valence-electron chi connectivity index (χ3n) is 6.81. The Bertz CT molecular complexity index is 1300. The lowest BCUT2D eigenvalue weighted by Crippen LogP contribution is -2.75. The molecule has 4 heterocycles. The van der Waals surface area contributed by atoms with Crippen LogP contribution in [0.1, 0.15) is 27.2 Å². The van der Waals surface area contributed by atoms with Crippen LogP contribution in [0.15, 0.2) is 31.0 Å². The van der Waals surface area contributed by atoms with Crippen molar-refractivity contribution in [3.63, 3.8) is 0 Å². The van der Waals surface area contributed by atoms with Gasteiger partial charge < -0.3 is 14.4 Å². The molecule has 4 rings (SSSR count). The van der Waals surface area contributed by atoms with Crippen molar-refractivity contribution < 1.29 is 14.6 Å². The van der Waals surface area contributed by atoms with Gasteiger partial charge in [0.2, 0.25) is 0 Å². The summed E-state index contributed by atoms with van der Waals surface area (Å²) < 4.78 is 9.66. The van der Waals surface area contributed by atoms with E-state index < -0.39 is 25.7 Å². The predicted molar refractivity (Wildman–Crippen MR) is 139 cm³/mol. The highest BCUT2D eigenvalue weighted by Gasteiger charge is 2.61. The summed E-state index contributed by atoms with van der Waals surface area (Å²) in [5.41, 5.74) is 1.18. The number of nitriles is 1. The Morgan fingerprint density at radius 1 is 1.33 bits per heavy atom. The smallest absolute Gasteiger partial charge is 0.407 e. The summed E-state index contributed by atoms with van der Waals surface area (Å²) in [6.45, 7) is 14.3. The van der Waals surface area contributed by atoms with Crippen LogP contribution in [0.4, 0.5) is 4.79 Å². The number of carbonyl (C=O) groups is 1. The topological polar surface area (TPSA) is 122 Å². The van der Waals surface area contributed by atoms with Gasteiger partial charge in [0.05, 0.1) is 37.0 Å². The van der Waals surface area contributed by atoms with Crippen molar-refractivity contribution in [1.82, 2.24) is 29.2 Å². The van der Waals surface area contributed by atoms with Gasteiger partial charge in [0.25, 0.3) is 0 Å². The maximum absolute atomic E-state index is 11.9. The van der Waals surface area contributed by atoms with E-state index in [0.29, 0.717) is 6.73 Å². The fourth-order valence-corrected chi connectivity index (χ4v) is 5.99. The average molecular weight is 510 g/mol. The molecule has 11 heteroatoms. The number of amides is 1. The second-order valence-corrected chi connectivity index (χ2v) is 17.5. The Morgan fingerprint density at radius 2 is 2.08 bits per heavy atom. The van der Waals surface area contributed by atoms with Crippen molar-refractivity contribution in [3.8, 4) is 17.3 Å². The van der Waals surface area contributed by atoms with Crippen LogP contribution in [-0.4, -0.2) is 67.7 Å². The molecule has 0 spiro atoms. The van der Waals surface area contributed by atoms with Crippen molar-refractivity contribution in [2.75, 3.05) is 13.2 Å². The zero-order valence-corrected chi connectivity index (χ0v) is 22.9. The van der Waals surface area contributed by atoms with E-state index in [-0.39, 0.29) is 18.4 Å². The highest BCUT2D eigenvalue weighted by atomic mass is 28.3. The Morgan fingerprint density at radius 3 is 2.72 bits per heavy atom. The van der Waals surface area contributed by atoms with Gasteiger partial charge in [0, 0.05) is 38.0 Å². The number of aromatic nitrogens is 5. The standard InChI is InChI=1S/C25H35N7O3Si/c1-24(2,3)22-25(8-9-26,15-31(22)23(33)34)32-14-18(13-29-32)20-19-7-10-30(21(19)28-16-27-20)17-35-11-12-36(4,5)6/h7,10,13-14,16,22H,8,11-12,15,17H2,1-6H3,(H,33,34). The van der Waals surface area contributed by atoms with Crippen LogP contribution in [-0.2, 0) is 17.0 Å². The second-order valence-electron chi connectivity index (χ2n) is 11.9. The minimum Gasteiger partial charge on any atom is -0.465 e. The molecule has 0 saturated carbocycles. The minimum absolute atomic E-state index is 0.157. The first-order valence-electron chi connectivity index (χ1n) is 12.2. The molecule has 0 aromatic carbocycles. The van der Waals surface area contributed by atoms with Gasteiger partial charge in [-0.2, -0.15) is 10.4 Å². The van der Waals surface area contributed by atoms with Gasteiger partial charge in [0.1, 0.15) is 24.2 Å². The quantitative estimate of drug-likeness (QED) is 0.347. The molecule has 1 aliphatic rings. The van der Waals surface area contributed by atoms with E-state index in [9.17, 15) is 15.2 Å². The molecule has 36 heavy (non-hydrogen) atoms. The minimum atomic E-state index is -1.16. The van der Waals surface area contributed by atoms with E-state index in [1.165, 1.54) is 11.2 Å². The summed E-state index contributed by atoms with van der Waals surface area (Å²) in [6.07, 6.45) is 6.26. The molecule has 1 aliphatic heterocycles. The van der Waals surface area contributed by atoms with E-state index >= 15 is 0 Å². The molecule has 1 fully saturated rings. The van der Waals surface area contributed by atoms with Gasteiger partial charge >= 0.3 is 6.09 Å². The average Bonchev–Trinajstić information content (AvgIpc) is 3.39. The molecule has 1 saturated heterocycles. The number of ether oxygens (including phenoxy) is 1. The molecule has 10 nitrogen and oxygen atoms in total. The summed E-state index contributed by atoms with van der Waals surface area (Å²) in [6, 6.07) is 4.95. The first-order chi connectivity index (χ1) is 16.9. The molecular weight excluding hydrogens is 474 g/mol. The Kier molecular flexibility index (Phi) is 6.70. The predicted octanol–water partition coefficient (Wildman–Crippen LogP) is 4.62. The van der Waals surface area contributed by atoms with E-state index in [1.807, 2.05) is 43.8 Å². The van der Waals surface area contributed by atoms with Gasteiger partial charge in [-0.1, -0.05) is 40.4 Å². The first-order valence-corrected chi connectivity index (χ1v) is 15.9. The van der Waals surface area contributed by atoms with Gasteiger partial charge in [0.15, 0.2) is 0 Å². The summed E-state index contributed by atoms with van der Waals surface area (Å²) >= 11 is 0. The molecule has 0 radical (unpaired) electrons. The molecule has 2 atom stereocenters. The summed E-state index contributed by atoms with van der Waals surface area (Å²) in [5.74, 6) is 0. The maximum atomic E-state index is 11.9. The molecule has 1 amide bonds. The Balaban J connectivity index is 1.63. The maximum Gasteiger partial charge on any atom is 0.407 e. The van der Waals surface area contributed by atoms with Crippen LogP contribution >= 0.6 is 0 Å². The summed E-state index contributed by atoms with van der Waals surface area (Å²) in [5, 5.41) is 24.9. The number of likely N-dealkylation sites (tertiary alicyclic amines) is 1. The third kappa shape index (κ3) is 4.75. The van der Waals surface area contributed by atoms with Crippen LogP contribution < -0.4 is 0 Å². The normalized spacial score (nSPS) is 20.4. The van der Waals surface area contributed by atoms with Crippen molar-refractivity contribution in [3.05, 3.63) is 31.0 Å². The van der Waals surface area contributed by atoms with E-state index in [4.69, 9.17) is 4.74 Å². The van der Waals surface area contributed by atoms with Crippen molar-refractivity contribution in [2.45, 2.75) is 71.2 Å². The van der Waals surface area contributed by atoms with Crippen LogP contribution in [0.2, 0.25) is 25.7 Å². The van der Waals surface area contributed by atoms with Crippen molar-refractivity contribution in [2.24, 2.45) is 5.41 Å². The molecule has 1 N–H and O–H groups in total. The first kappa shape index (κ1) is 25.8. The molecule has 2 unspecified atom stereocenters. The van der Waals surface area contributed by atoms with Crippen LogP contribution in [0.5, 0.6) is 0 Å². The molecule has 192 valence electrons. The molecule has 0 aliphatic carbocycles. The zero-order valence-electron chi connectivity index (χ0n) is 21.9. The SMILES string of the molecule is CC(C)(C)C1N(C(=O)O)CC1(CC#N)n1cc(-c2ncnc3c2ccn3COCC[Si](C)(C)C)cn1. The lowest BCUT2D eigenvalue weighted by molar-refractivity contribution is -0.1000. The number of fused-ring (bicyclic) bond motifs is 1. The van der Waals surface area contributed by atoms with Gasteiger partial charge in [-0.05, 0) is 17.5 Å². The van der Waals surface area contributed by atoms with Gasteiger partial charge in [-0.25, -0.2) is 14.8 Å². The van der Waals surface area contributed by atoms with Gasteiger partial charge in [-0.3, -0.25) is 9.58 Å². The van der Waals surface area contributed by atoms with Gasteiger partial charge in [-0.15, -0.1) is 0 Å². The van der Waals surface area contributed by atoms with Crippen molar-refractivity contribution in [1.29, 1.82) is 5.26 Å². The van der Waals surface area contributed by atoms with Crippen molar-refractivity contribution >= 4 is 25.2 Å². The Hall–Kier alpha value is -3.23. The van der Waals surface area contributed by atoms with Crippen LogP contribution in [0.25, 0.3) is 22.3 Å². The number of carboxylic acid groups (broad SMARTS) is 1. The molecule has 3 aromatic heterocycles. The monoisotopic (exact) mass is 509 g/mol. The third-order valence-corrected chi connectivity index (χ3v) is 8.52. The summed E-state index contributed by atoms with van der Waals surface area (Å²) in [7, 11) is -1.16. The highest BCUT2D eigenvalue weighted by molar-refractivity contribution is 6.76. The van der Waals surface area contributed by atoms with Crippen LogP contribution in [0.3, 0.4) is 0 Å². The van der Waals surface area contributed by atoms with Crippen LogP contribution in [0, 0.1) is 16.7 Å². The molecule has 0 bridgehead atoms. The number of rotatable bonds is 8. The lowest BCUT2D eigenvalue weighted by Gasteiger charge is -2.60. The highest BCUT2D eigenvalue weighted by Crippen LogP contribution is 2.48. The fourth-order valence-electron chi connectivity index (χ4n) is 5.24. The molecule has 3 aromatic rings. The molecular formula is C25H35N7O3Si. The van der Waals surface area contributed by atoms with E-state index in [2.05, 4.69) is 40.8 Å².